The number of carbonyl (C=O) groups is 1. The van der Waals surface area contributed by atoms with Crippen LogP contribution in [0.4, 0.5) is 0 Å². The van der Waals surface area contributed by atoms with Gasteiger partial charge in [0.1, 0.15) is 11.9 Å². The van der Waals surface area contributed by atoms with Crippen LogP contribution in [0.5, 0.6) is 5.75 Å². The van der Waals surface area contributed by atoms with Crippen molar-refractivity contribution in [2.24, 2.45) is 11.8 Å². The Morgan fingerprint density at radius 2 is 1.93 bits per heavy atom. The van der Waals surface area contributed by atoms with Crippen molar-refractivity contribution >= 4 is 5.97 Å². The van der Waals surface area contributed by atoms with Crippen molar-refractivity contribution in [2.75, 3.05) is 0 Å². The summed E-state index contributed by atoms with van der Waals surface area (Å²) in [6, 6.07) is 7.57. The molecule has 1 saturated carbocycles. The van der Waals surface area contributed by atoms with Crippen LogP contribution in [0.2, 0.25) is 0 Å². The molecule has 1 fully saturated rings. The van der Waals surface area contributed by atoms with E-state index in [1.54, 1.807) is 0 Å². The minimum Gasteiger partial charge on any atom is -0.481 e. The van der Waals surface area contributed by atoms with Gasteiger partial charge in [-0.1, -0.05) is 30.4 Å². The number of fused-ring (bicyclic) bond motifs is 1. The average molecular weight is 421 g/mol. The zero-order chi connectivity index (χ0) is 21.5. The predicted molar refractivity (Wildman–Crippen MR) is 110 cm³/mol. The first-order valence-corrected chi connectivity index (χ1v) is 10.7. The minimum atomic E-state index is -0.824. The number of aliphatic hydroxyl groups excluding tert-OH is 3. The summed E-state index contributed by atoms with van der Waals surface area (Å²) in [6.07, 6.45) is 4.47. The fourth-order valence-corrected chi connectivity index (χ4v) is 4.41. The Kier molecular flexibility index (Phi) is 8.27. The number of ether oxygens (including phenoxy) is 2. The predicted octanol–water partition coefficient (Wildman–Crippen LogP) is 2.62. The molecule has 1 aliphatic heterocycles. The van der Waals surface area contributed by atoms with Crippen LogP contribution in [0.1, 0.15) is 50.5 Å². The van der Waals surface area contributed by atoms with Crippen LogP contribution in [-0.4, -0.2) is 51.0 Å². The van der Waals surface area contributed by atoms with E-state index >= 15 is 0 Å². The smallest absolute Gasteiger partial charge is 0.303 e. The van der Waals surface area contributed by atoms with Crippen LogP contribution in [0.25, 0.3) is 0 Å². The molecule has 7 nitrogen and oxygen atoms in total. The fourth-order valence-electron chi connectivity index (χ4n) is 4.41. The van der Waals surface area contributed by atoms with E-state index in [9.17, 15) is 20.1 Å². The van der Waals surface area contributed by atoms with Gasteiger partial charge in [0.15, 0.2) is 0 Å². The average Bonchev–Trinajstić information content (AvgIpc) is 3.00. The Hall–Kier alpha value is -1.93. The molecule has 7 heteroatoms. The molecule has 2 aliphatic rings. The molecule has 4 N–H and O–H groups in total. The maximum absolute atomic E-state index is 10.6. The molecule has 166 valence electrons. The highest BCUT2D eigenvalue weighted by Gasteiger charge is 2.41. The Morgan fingerprint density at radius 1 is 1.17 bits per heavy atom. The fraction of sp³-hybridized carbons (Fsp3) is 0.609. The topological polar surface area (TPSA) is 116 Å². The summed E-state index contributed by atoms with van der Waals surface area (Å²) >= 11 is 0. The van der Waals surface area contributed by atoms with Crippen LogP contribution in [0, 0.1) is 11.8 Å². The SMILES string of the molecule is O=C(O)CCC/C=C\C[C@@H]1[C@@H](CC[C@H](O)[C@@H]2OCc3ccccc3O2)[C@H](O)C[C@@H]1O. The van der Waals surface area contributed by atoms with Crippen molar-refractivity contribution < 1.29 is 34.7 Å². The lowest BCUT2D eigenvalue weighted by atomic mass is 9.86. The van der Waals surface area contributed by atoms with Crippen molar-refractivity contribution in [1.29, 1.82) is 0 Å². The molecule has 0 aromatic heterocycles. The minimum absolute atomic E-state index is 0.0863. The Bertz CT molecular complexity index is 719. The van der Waals surface area contributed by atoms with Crippen LogP contribution < -0.4 is 4.74 Å². The number of aliphatic hydroxyl groups is 3. The first kappa shape index (κ1) is 22.7. The van der Waals surface area contributed by atoms with Gasteiger partial charge in [0, 0.05) is 12.0 Å². The van der Waals surface area contributed by atoms with Crippen molar-refractivity contribution in [3.63, 3.8) is 0 Å². The Balaban J connectivity index is 1.47. The van der Waals surface area contributed by atoms with Crippen molar-refractivity contribution in [3.8, 4) is 5.75 Å². The number of benzene rings is 1. The van der Waals surface area contributed by atoms with Gasteiger partial charge in [0.05, 0.1) is 18.8 Å². The summed E-state index contributed by atoms with van der Waals surface area (Å²) in [7, 11) is 0. The first-order chi connectivity index (χ1) is 14.5. The maximum Gasteiger partial charge on any atom is 0.303 e. The molecule has 0 unspecified atom stereocenters. The third kappa shape index (κ3) is 6.04. The van der Waals surface area contributed by atoms with E-state index < -0.39 is 30.6 Å². The van der Waals surface area contributed by atoms with Gasteiger partial charge in [0.2, 0.25) is 6.29 Å². The highest BCUT2D eigenvalue weighted by molar-refractivity contribution is 5.66. The van der Waals surface area contributed by atoms with E-state index in [1.165, 1.54) is 0 Å². The number of para-hydroxylation sites is 1. The molecule has 6 atom stereocenters. The van der Waals surface area contributed by atoms with Gasteiger partial charge in [-0.25, -0.2) is 0 Å². The molecule has 0 spiro atoms. The summed E-state index contributed by atoms with van der Waals surface area (Å²) in [5.74, 6) is -0.285. The van der Waals surface area contributed by atoms with Gasteiger partial charge in [-0.05, 0) is 56.4 Å². The zero-order valence-corrected chi connectivity index (χ0v) is 17.1. The lowest BCUT2D eigenvalue weighted by Gasteiger charge is -2.31. The highest BCUT2D eigenvalue weighted by atomic mass is 16.7. The first-order valence-electron chi connectivity index (χ1n) is 10.7. The number of allylic oxidation sites excluding steroid dienone is 2. The van der Waals surface area contributed by atoms with Gasteiger partial charge >= 0.3 is 5.97 Å². The summed E-state index contributed by atoms with van der Waals surface area (Å²) in [4.78, 5) is 10.5. The number of carboxylic acid groups (broad SMARTS) is 1. The molecule has 1 aromatic carbocycles. The standard InChI is InChI=1S/C23H32O7/c24-18(23-29-14-15-7-5-6-9-21(15)30-23)12-11-17-16(19(25)13-20(17)26)8-3-1-2-4-10-22(27)28/h1,3,5-7,9,16-20,23-26H,2,4,8,10-14H2,(H,27,28)/b3-1-/t16-,17-,18+,19+,20-,23-/m1/s1. The van der Waals surface area contributed by atoms with Gasteiger partial charge in [0.25, 0.3) is 0 Å². The number of hydrogen-bond donors (Lipinski definition) is 4. The van der Waals surface area contributed by atoms with E-state index in [2.05, 4.69) is 0 Å². The van der Waals surface area contributed by atoms with Crippen LogP contribution in [0.3, 0.4) is 0 Å². The maximum atomic E-state index is 10.6. The summed E-state index contributed by atoms with van der Waals surface area (Å²) < 4.78 is 11.4. The highest BCUT2D eigenvalue weighted by Crippen LogP contribution is 2.39. The molecule has 0 bridgehead atoms. The number of aliphatic carboxylic acids is 1. The van der Waals surface area contributed by atoms with E-state index in [-0.39, 0.29) is 18.3 Å². The van der Waals surface area contributed by atoms with Gasteiger partial charge in [-0.15, -0.1) is 0 Å². The summed E-state index contributed by atoms with van der Waals surface area (Å²) in [6.45, 7) is 0.387. The van der Waals surface area contributed by atoms with E-state index in [1.807, 2.05) is 36.4 Å². The molecular weight excluding hydrogens is 388 g/mol. The van der Waals surface area contributed by atoms with Gasteiger partial charge in [-0.3, -0.25) is 4.79 Å². The number of unbranched alkanes of at least 4 members (excludes halogenated alkanes) is 1. The second-order valence-corrected chi connectivity index (χ2v) is 8.24. The van der Waals surface area contributed by atoms with E-state index in [0.717, 1.165) is 11.3 Å². The third-order valence-corrected chi connectivity index (χ3v) is 6.09. The summed E-state index contributed by atoms with van der Waals surface area (Å²) in [5.41, 5.74) is 0.950. The van der Waals surface area contributed by atoms with Gasteiger partial charge in [-0.2, -0.15) is 0 Å². The van der Waals surface area contributed by atoms with Gasteiger partial charge < -0.3 is 29.9 Å². The monoisotopic (exact) mass is 420 g/mol. The van der Waals surface area contributed by atoms with Crippen LogP contribution in [-0.2, 0) is 16.1 Å². The van der Waals surface area contributed by atoms with Crippen LogP contribution in [0.15, 0.2) is 36.4 Å². The normalized spacial score (nSPS) is 29.5. The molecule has 30 heavy (non-hydrogen) atoms. The summed E-state index contributed by atoms with van der Waals surface area (Å²) in [5, 5.41) is 40.0. The quantitative estimate of drug-likeness (QED) is 0.340. The lowest BCUT2D eigenvalue weighted by molar-refractivity contribution is -0.168. The van der Waals surface area contributed by atoms with Crippen molar-refractivity contribution in [2.45, 2.75) is 76.2 Å². The van der Waals surface area contributed by atoms with E-state index in [4.69, 9.17) is 14.6 Å². The molecular formula is C23H32O7. The molecule has 1 aromatic rings. The second-order valence-electron chi connectivity index (χ2n) is 8.24. The molecule has 3 rings (SSSR count). The molecule has 0 saturated heterocycles. The molecule has 1 aliphatic carbocycles. The van der Waals surface area contributed by atoms with Crippen LogP contribution >= 0.6 is 0 Å². The molecule has 1 heterocycles. The Labute approximate surface area is 176 Å². The lowest BCUT2D eigenvalue weighted by Crippen LogP contribution is -2.37. The van der Waals surface area contributed by atoms with E-state index in [0.29, 0.717) is 45.1 Å². The second kappa shape index (κ2) is 10.9. The molecule has 0 amide bonds. The van der Waals surface area contributed by atoms with Crippen molar-refractivity contribution in [1.82, 2.24) is 0 Å². The molecule has 0 radical (unpaired) electrons. The number of rotatable bonds is 10. The number of hydrogen-bond acceptors (Lipinski definition) is 6. The largest absolute Gasteiger partial charge is 0.481 e. The zero-order valence-electron chi connectivity index (χ0n) is 17.1. The third-order valence-electron chi connectivity index (χ3n) is 6.09. The number of carboxylic acids is 1. The van der Waals surface area contributed by atoms with Crippen molar-refractivity contribution in [3.05, 3.63) is 42.0 Å². The Morgan fingerprint density at radius 3 is 2.73 bits per heavy atom.